The zero-order valence-corrected chi connectivity index (χ0v) is 7.38. The van der Waals surface area contributed by atoms with Gasteiger partial charge in [-0.05, 0) is 31.2 Å². The molecule has 2 rings (SSSR count). The number of pyridine rings is 1. The molecular weight excluding hydrogens is 162 g/mol. The summed E-state index contributed by atoms with van der Waals surface area (Å²) in [6.45, 7) is 0. The lowest BCUT2D eigenvalue weighted by Gasteiger charge is -2.16. The molecular formula is C10H11N3. The Bertz CT molecular complexity index is 376. The normalized spacial score (nSPS) is 14.7. The van der Waals surface area contributed by atoms with Crippen LogP contribution in [-0.2, 0) is 12.8 Å². The smallest absolute Gasteiger partial charge is 0.102 e. The Morgan fingerprint density at radius 1 is 1.38 bits per heavy atom. The molecule has 1 aliphatic carbocycles. The van der Waals surface area contributed by atoms with Crippen molar-refractivity contribution in [3.05, 3.63) is 23.0 Å². The zero-order valence-electron chi connectivity index (χ0n) is 7.38. The van der Waals surface area contributed by atoms with Crippen LogP contribution in [0.5, 0.6) is 0 Å². The summed E-state index contributed by atoms with van der Waals surface area (Å²) in [5.74, 6) is 0. The lowest BCUT2D eigenvalue weighted by atomic mass is 9.92. The second-order valence-electron chi connectivity index (χ2n) is 3.33. The Morgan fingerprint density at radius 3 is 2.92 bits per heavy atom. The molecule has 0 atom stereocenters. The van der Waals surface area contributed by atoms with Crippen molar-refractivity contribution in [1.29, 1.82) is 5.26 Å². The third-order valence-electron chi connectivity index (χ3n) is 2.50. The van der Waals surface area contributed by atoms with Gasteiger partial charge in [0.2, 0.25) is 0 Å². The number of anilines is 1. The lowest BCUT2D eigenvalue weighted by Crippen LogP contribution is -2.09. The van der Waals surface area contributed by atoms with Crippen LogP contribution in [0.15, 0.2) is 6.20 Å². The Hall–Kier alpha value is -1.56. The lowest BCUT2D eigenvalue weighted by molar-refractivity contribution is 0.667. The van der Waals surface area contributed by atoms with Gasteiger partial charge in [-0.3, -0.25) is 4.98 Å². The molecule has 3 heteroatoms. The molecule has 1 aromatic heterocycles. The van der Waals surface area contributed by atoms with Crippen molar-refractivity contribution in [1.82, 2.24) is 4.98 Å². The van der Waals surface area contributed by atoms with Gasteiger partial charge >= 0.3 is 0 Å². The zero-order chi connectivity index (χ0) is 9.26. The molecule has 0 fully saturated rings. The molecule has 0 radical (unpaired) electrons. The molecule has 0 aliphatic heterocycles. The number of fused-ring (bicyclic) bond motifs is 1. The number of hydrogen-bond donors (Lipinski definition) is 1. The highest BCUT2D eigenvalue weighted by atomic mass is 14.7. The van der Waals surface area contributed by atoms with Crippen LogP contribution >= 0.6 is 0 Å². The van der Waals surface area contributed by atoms with E-state index < -0.39 is 0 Å². The molecule has 66 valence electrons. The third-order valence-corrected chi connectivity index (χ3v) is 2.50. The quantitative estimate of drug-likeness (QED) is 0.645. The van der Waals surface area contributed by atoms with Crippen LogP contribution in [-0.4, -0.2) is 4.98 Å². The maximum atomic E-state index is 8.92. The van der Waals surface area contributed by atoms with E-state index in [0.29, 0.717) is 11.3 Å². The summed E-state index contributed by atoms with van der Waals surface area (Å²) in [6, 6.07) is 2.16. The van der Waals surface area contributed by atoms with Crippen LogP contribution in [0.3, 0.4) is 0 Å². The second-order valence-corrected chi connectivity index (χ2v) is 3.33. The summed E-state index contributed by atoms with van der Waals surface area (Å²) in [4.78, 5) is 4.25. The van der Waals surface area contributed by atoms with E-state index in [1.807, 2.05) is 0 Å². The van der Waals surface area contributed by atoms with Gasteiger partial charge in [-0.2, -0.15) is 5.26 Å². The molecule has 2 N–H and O–H groups in total. The Kier molecular flexibility index (Phi) is 1.90. The van der Waals surface area contributed by atoms with E-state index in [0.717, 1.165) is 30.5 Å². The fourth-order valence-corrected chi connectivity index (χ4v) is 1.82. The van der Waals surface area contributed by atoms with Crippen molar-refractivity contribution >= 4 is 5.69 Å². The first-order chi connectivity index (χ1) is 6.33. The summed E-state index contributed by atoms with van der Waals surface area (Å²) in [5.41, 5.74) is 8.97. The Labute approximate surface area is 77.2 Å². The van der Waals surface area contributed by atoms with Crippen molar-refractivity contribution in [2.24, 2.45) is 0 Å². The van der Waals surface area contributed by atoms with Crippen molar-refractivity contribution in [3.63, 3.8) is 0 Å². The van der Waals surface area contributed by atoms with Gasteiger partial charge in [-0.25, -0.2) is 0 Å². The largest absolute Gasteiger partial charge is 0.396 e. The van der Waals surface area contributed by atoms with E-state index >= 15 is 0 Å². The predicted octanol–water partition coefficient (Wildman–Crippen LogP) is 1.41. The number of nitrogens with two attached hydrogens (primary N) is 1. The number of nitrogens with zero attached hydrogens (tertiary/aromatic N) is 2. The highest BCUT2D eigenvalue weighted by Gasteiger charge is 2.16. The molecule has 0 amide bonds. The van der Waals surface area contributed by atoms with Gasteiger partial charge in [0.05, 0.1) is 17.4 Å². The molecule has 3 nitrogen and oxygen atoms in total. The number of aromatic nitrogens is 1. The minimum atomic E-state index is 0.517. The molecule has 0 saturated carbocycles. The summed E-state index contributed by atoms with van der Waals surface area (Å²) in [7, 11) is 0. The summed E-state index contributed by atoms with van der Waals surface area (Å²) >= 11 is 0. The first kappa shape index (κ1) is 8.06. The van der Waals surface area contributed by atoms with Crippen LogP contribution < -0.4 is 5.73 Å². The average molecular weight is 173 g/mol. The highest BCUT2D eigenvalue weighted by molar-refractivity contribution is 5.58. The monoisotopic (exact) mass is 173 g/mol. The van der Waals surface area contributed by atoms with E-state index in [1.54, 1.807) is 6.20 Å². The molecule has 0 bridgehead atoms. The fourth-order valence-electron chi connectivity index (χ4n) is 1.82. The highest BCUT2D eigenvalue weighted by Crippen LogP contribution is 2.25. The Balaban J connectivity index is 2.60. The van der Waals surface area contributed by atoms with Crippen molar-refractivity contribution in [3.8, 4) is 6.07 Å². The minimum Gasteiger partial charge on any atom is -0.396 e. The van der Waals surface area contributed by atoms with Gasteiger partial charge in [0.25, 0.3) is 0 Å². The Morgan fingerprint density at radius 2 is 2.15 bits per heavy atom. The van der Waals surface area contributed by atoms with Crippen LogP contribution in [0.2, 0.25) is 0 Å². The molecule has 0 unspecified atom stereocenters. The number of hydrogen-bond acceptors (Lipinski definition) is 3. The van der Waals surface area contributed by atoms with E-state index in [-0.39, 0.29) is 0 Å². The average Bonchev–Trinajstić information content (AvgIpc) is 2.18. The topological polar surface area (TPSA) is 62.7 Å². The number of aryl methyl sites for hydroxylation is 1. The van der Waals surface area contributed by atoms with E-state index in [1.165, 1.54) is 6.42 Å². The van der Waals surface area contributed by atoms with Crippen LogP contribution in [0.25, 0.3) is 0 Å². The van der Waals surface area contributed by atoms with Gasteiger partial charge in [0, 0.05) is 5.69 Å². The first-order valence-electron chi connectivity index (χ1n) is 4.49. The van der Waals surface area contributed by atoms with Gasteiger partial charge < -0.3 is 5.73 Å². The SMILES string of the molecule is N#Cc1c(N)cnc2c1CCCC2. The predicted molar refractivity (Wildman–Crippen MR) is 50.0 cm³/mol. The van der Waals surface area contributed by atoms with E-state index in [9.17, 15) is 0 Å². The van der Waals surface area contributed by atoms with Crippen LogP contribution in [0.1, 0.15) is 29.7 Å². The summed E-state index contributed by atoms with van der Waals surface area (Å²) < 4.78 is 0. The van der Waals surface area contributed by atoms with Crippen molar-refractivity contribution in [2.75, 3.05) is 5.73 Å². The van der Waals surface area contributed by atoms with Gasteiger partial charge in [0.1, 0.15) is 6.07 Å². The third kappa shape index (κ3) is 1.25. The minimum absolute atomic E-state index is 0.517. The maximum Gasteiger partial charge on any atom is 0.102 e. The summed E-state index contributed by atoms with van der Waals surface area (Å²) in [6.07, 6.45) is 5.87. The molecule has 1 aliphatic rings. The standard InChI is InChI=1S/C10H11N3/c11-5-8-7-3-1-2-4-10(7)13-6-9(8)12/h6H,1-4,12H2. The molecule has 0 spiro atoms. The van der Waals surface area contributed by atoms with E-state index in [2.05, 4.69) is 11.1 Å². The molecule has 1 heterocycles. The number of nitrogen functional groups attached to an aromatic ring is 1. The number of nitriles is 1. The molecule has 0 aromatic carbocycles. The van der Waals surface area contributed by atoms with Gasteiger partial charge in [-0.1, -0.05) is 0 Å². The summed E-state index contributed by atoms with van der Waals surface area (Å²) in [5, 5.41) is 8.92. The van der Waals surface area contributed by atoms with Crippen molar-refractivity contribution in [2.45, 2.75) is 25.7 Å². The van der Waals surface area contributed by atoms with Gasteiger partial charge in [0.15, 0.2) is 0 Å². The number of rotatable bonds is 0. The fraction of sp³-hybridized carbons (Fsp3) is 0.400. The second kappa shape index (κ2) is 3.06. The maximum absolute atomic E-state index is 8.92. The van der Waals surface area contributed by atoms with Gasteiger partial charge in [-0.15, -0.1) is 0 Å². The van der Waals surface area contributed by atoms with Crippen LogP contribution in [0, 0.1) is 11.3 Å². The molecule has 0 saturated heterocycles. The molecule has 1 aromatic rings. The molecule has 13 heavy (non-hydrogen) atoms. The van der Waals surface area contributed by atoms with Crippen molar-refractivity contribution < 1.29 is 0 Å². The first-order valence-corrected chi connectivity index (χ1v) is 4.49. The van der Waals surface area contributed by atoms with Crippen LogP contribution in [0.4, 0.5) is 5.69 Å². The van der Waals surface area contributed by atoms with E-state index in [4.69, 9.17) is 11.0 Å².